The second-order valence-corrected chi connectivity index (χ2v) is 4.61. The molecule has 4 N–H and O–H groups in total. The number of aliphatic hydroxyl groups is 2. The van der Waals surface area contributed by atoms with Gasteiger partial charge in [0, 0.05) is 17.4 Å². The van der Waals surface area contributed by atoms with Crippen molar-refractivity contribution in [1.82, 2.24) is 10.3 Å². The van der Waals surface area contributed by atoms with Crippen molar-refractivity contribution in [2.45, 2.75) is 12.5 Å². The fourth-order valence-corrected chi connectivity index (χ4v) is 1.62. The Morgan fingerprint density at radius 3 is 2.83 bits per heavy atom. The lowest BCUT2D eigenvalue weighted by Crippen LogP contribution is -2.43. The van der Waals surface area contributed by atoms with E-state index in [2.05, 4.69) is 10.3 Å². The van der Waals surface area contributed by atoms with E-state index >= 15 is 0 Å². The zero-order valence-electron chi connectivity index (χ0n) is 10.1. The van der Waals surface area contributed by atoms with Crippen LogP contribution in [0.5, 0.6) is 0 Å². The third-order valence-electron chi connectivity index (χ3n) is 2.75. The number of para-hydroxylation sites is 1. The van der Waals surface area contributed by atoms with Gasteiger partial charge < -0.3 is 20.5 Å². The van der Waals surface area contributed by atoms with Crippen LogP contribution in [-0.4, -0.2) is 39.9 Å². The summed E-state index contributed by atoms with van der Waals surface area (Å²) in [7, 11) is 0. The minimum atomic E-state index is -1.30. The fourth-order valence-electron chi connectivity index (χ4n) is 1.62. The first kappa shape index (κ1) is 12.6. The highest BCUT2D eigenvalue weighted by molar-refractivity contribution is 5.97. The van der Waals surface area contributed by atoms with Crippen LogP contribution in [0, 0.1) is 0 Å². The Morgan fingerprint density at radius 1 is 1.44 bits per heavy atom. The van der Waals surface area contributed by atoms with E-state index in [0.717, 1.165) is 10.9 Å². The molecule has 0 saturated carbocycles. The third kappa shape index (κ3) is 2.69. The molecule has 0 aliphatic heterocycles. The predicted molar refractivity (Wildman–Crippen MR) is 68.3 cm³/mol. The maximum atomic E-state index is 11.8. The molecule has 2 rings (SSSR count). The summed E-state index contributed by atoms with van der Waals surface area (Å²) in [5, 5.41) is 22.0. The largest absolute Gasteiger partial charge is 0.393 e. The zero-order chi connectivity index (χ0) is 13.2. The number of aromatic amines is 1. The van der Waals surface area contributed by atoms with Crippen molar-refractivity contribution >= 4 is 16.8 Å². The normalized spacial score (nSPS) is 14.4. The summed E-state index contributed by atoms with van der Waals surface area (Å²) in [5.41, 5.74) is 0.0169. The molecule has 5 nitrogen and oxygen atoms in total. The summed E-state index contributed by atoms with van der Waals surface area (Å²) in [6, 6.07) is 9.33. The summed E-state index contributed by atoms with van der Waals surface area (Å²) in [6.45, 7) is 1.05. The van der Waals surface area contributed by atoms with Gasteiger partial charge in [0.25, 0.3) is 5.91 Å². The average Bonchev–Trinajstić information content (AvgIpc) is 2.80. The van der Waals surface area contributed by atoms with Crippen molar-refractivity contribution in [2.24, 2.45) is 0 Å². The van der Waals surface area contributed by atoms with Crippen LogP contribution in [0.25, 0.3) is 10.9 Å². The Bertz CT molecular complexity index is 527. The maximum absolute atomic E-state index is 11.8. The SMILES string of the molecule is CC(O)(CO)CNC(=O)c1cc2ccccc2[nH]1. The highest BCUT2D eigenvalue weighted by Crippen LogP contribution is 2.14. The van der Waals surface area contributed by atoms with Crippen LogP contribution >= 0.6 is 0 Å². The third-order valence-corrected chi connectivity index (χ3v) is 2.75. The molecule has 96 valence electrons. The van der Waals surface area contributed by atoms with Gasteiger partial charge in [-0.1, -0.05) is 18.2 Å². The van der Waals surface area contributed by atoms with Crippen LogP contribution in [0.2, 0.25) is 0 Å². The van der Waals surface area contributed by atoms with Crippen LogP contribution in [0.15, 0.2) is 30.3 Å². The van der Waals surface area contributed by atoms with Gasteiger partial charge in [-0.05, 0) is 19.1 Å². The van der Waals surface area contributed by atoms with Gasteiger partial charge in [0.05, 0.1) is 6.61 Å². The number of carbonyl (C=O) groups excluding carboxylic acids is 1. The molecule has 0 aliphatic rings. The maximum Gasteiger partial charge on any atom is 0.267 e. The number of carbonyl (C=O) groups is 1. The Kier molecular flexibility index (Phi) is 3.36. The standard InChI is InChI=1S/C13H16N2O3/c1-13(18,8-16)7-14-12(17)11-6-9-4-2-3-5-10(9)15-11/h2-6,15-16,18H,7-8H2,1H3,(H,14,17). The smallest absolute Gasteiger partial charge is 0.267 e. The number of aliphatic hydroxyl groups excluding tert-OH is 1. The number of benzene rings is 1. The van der Waals surface area contributed by atoms with Crippen molar-refractivity contribution in [3.8, 4) is 0 Å². The summed E-state index contributed by atoms with van der Waals surface area (Å²) in [5.74, 6) is -0.306. The molecule has 0 aliphatic carbocycles. The number of aromatic nitrogens is 1. The molecular weight excluding hydrogens is 232 g/mol. The van der Waals surface area contributed by atoms with E-state index in [1.54, 1.807) is 6.07 Å². The van der Waals surface area contributed by atoms with E-state index in [-0.39, 0.29) is 12.5 Å². The monoisotopic (exact) mass is 248 g/mol. The Balaban J connectivity index is 2.09. The summed E-state index contributed by atoms with van der Waals surface area (Å²) < 4.78 is 0. The Labute approximate surface area is 104 Å². The molecule has 18 heavy (non-hydrogen) atoms. The summed E-state index contributed by atoms with van der Waals surface area (Å²) in [6.07, 6.45) is 0. The highest BCUT2D eigenvalue weighted by atomic mass is 16.3. The number of hydrogen-bond acceptors (Lipinski definition) is 3. The van der Waals surface area contributed by atoms with Crippen LogP contribution in [0.4, 0.5) is 0 Å². The molecule has 1 heterocycles. The molecule has 1 aromatic carbocycles. The van der Waals surface area contributed by atoms with Crippen molar-refractivity contribution in [2.75, 3.05) is 13.2 Å². The number of fused-ring (bicyclic) bond motifs is 1. The molecule has 2 aromatic rings. The van der Waals surface area contributed by atoms with E-state index < -0.39 is 12.2 Å². The first-order valence-electron chi connectivity index (χ1n) is 5.71. The van der Waals surface area contributed by atoms with Crippen molar-refractivity contribution in [3.05, 3.63) is 36.0 Å². The zero-order valence-corrected chi connectivity index (χ0v) is 10.1. The molecule has 1 unspecified atom stereocenters. The van der Waals surface area contributed by atoms with E-state index in [9.17, 15) is 9.90 Å². The second kappa shape index (κ2) is 4.80. The number of H-pyrrole nitrogens is 1. The predicted octanol–water partition coefficient (Wildman–Crippen LogP) is 0.641. The molecule has 0 fully saturated rings. The van der Waals surface area contributed by atoms with Crippen LogP contribution in [0.3, 0.4) is 0 Å². The highest BCUT2D eigenvalue weighted by Gasteiger charge is 2.20. The van der Waals surface area contributed by atoms with Gasteiger partial charge in [-0.3, -0.25) is 4.79 Å². The molecule has 0 radical (unpaired) electrons. The van der Waals surface area contributed by atoms with Crippen molar-refractivity contribution in [3.63, 3.8) is 0 Å². The fraction of sp³-hybridized carbons (Fsp3) is 0.308. The molecular formula is C13H16N2O3. The number of amides is 1. The van der Waals surface area contributed by atoms with Gasteiger partial charge in [0.15, 0.2) is 0 Å². The van der Waals surface area contributed by atoms with Gasteiger partial charge in [0.1, 0.15) is 11.3 Å². The van der Waals surface area contributed by atoms with Gasteiger partial charge >= 0.3 is 0 Å². The van der Waals surface area contributed by atoms with Gasteiger partial charge in [-0.15, -0.1) is 0 Å². The van der Waals surface area contributed by atoms with E-state index in [1.807, 2.05) is 24.3 Å². The van der Waals surface area contributed by atoms with Crippen LogP contribution in [0.1, 0.15) is 17.4 Å². The Morgan fingerprint density at radius 2 is 2.17 bits per heavy atom. The van der Waals surface area contributed by atoms with Gasteiger partial charge in [-0.25, -0.2) is 0 Å². The van der Waals surface area contributed by atoms with Crippen molar-refractivity contribution in [1.29, 1.82) is 0 Å². The number of nitrogens with one attached hydrogen (secondary N) is 2. The topological polar surface area (TPSA) is 85.3 Å². The summed E-state index contributed by atoms with van der Waals surface area (Å²) >= 11 is 0. The minimum absolute atomic E-state index is 0.00228. The van der Waals surface area contributed by atoms with E-state index in [1.165, 1.54) is 6.92 Å². The lowest BCUT2D eigenvalue weighted by Gasteiger charge is -2.20. The van der Waals surface area contributed by atoms with Crippen LogP contribution < -0.4 is 5.32 Å². The van der Waals surface area contributed by atoms with E-state index in [4.69, 9.17) is 5.11 Å². The quantitative estimate of drug-likeness (QED) is 0.640. The molecule has 1 aromatic heterocycles. The molecule has 1 amide bonds. The molecule has 1 atom stereocenters. The first-order chi connectivity index (χ1) is 8.52. The average molecular weight is 248 g/mol. The lowest BCUT2D eigenvalue weighted by atomic mass is 10.1. The summed E-state index contributed by atoms with van der Waals surface area (Å²) in [4.78, 5) is 14.8. The van der Waals surface area contributed by atoms with Gasteiger partial charge in [-0.2, -0.15) is 0 Å². The van der Waals surface area contributed by atoms with Crippen molar-refractivity contribution < 1.29 is 15.0 Å². The van der Waals surface area contributed by atoms with Gasteiger partial charge in [0.2, 0.25) is 0 Å². The number of rotatable bonds is 4. The lowest BCUT2D eigenvalue weighted by molar-refractivity contribution is 0.00317. The molecule has 0 spiro atoms. The molecule has 0 saturated heterocycles. The second-order valence-electron chi connectivity index (χ2n) is 4.61. The van der Waals surface area contributed by atoms with Crippen LogP contribution in [-0.2, 0) is 0 Å². The Hall–Kier alpha value is -1.85. The van der Waals surface area contributed by atoms with E-state index in [0.29, 0.717) is 5.69 Å². The number of hydrogen-bond donors (Lipinski definition) is 4. The molecule has 0 bridgehead atoms. The minimum Gasteiger partial charge on any atom is -0.393 e. The molecule has 5 heteroatoms. The first-order valence-corrected chi connectivity index (χ1v) is 5.71.